The van der Waals surface area contributed by atoms with Gasteiger partial charge in [0.05, 0.1) is 30.0 Å². The van der Waals surface area contributed by atoms with Crippen LogP contribution in [0.25, 0.3) is 0 Å². The predicted octanol–water partition coefficient (Wildman–Crippen LogP) is 1.61. The number of rotatable bonds is 3. The third kappa shape index (κ3) is 1.65. The van der Waals surface area contributed by atoms with Gasteiger partial charge in [0, 0.05) is 7.05 Å². The van der Waals surface area contributed by atoms with Crippen LogP contribution in [-0.4, -0.2) is 36.9 Å². The molecule has 0 aromatic heterocycles. The Kier molecular flexibility index (Phi) is 2.59. The zero-order chi connectivity index (χ0) is 11.8. The number of anilines is 1. The molecule has 1 aliphatic rings. The highest BCUT2D eigenvalue weighted by Gasteiger charge is 2.38. The van der Waals surface area contributed by atoms with Crippen LogP contribution in [0.2, 0.25) is 0 Å². The number of benzene rings is 1. The first-order chi connectivity index (χ1) is 7.54. The molecule has 0 aliphatic carbocycles. The first-order valence-electron chi connectivity index (χ1n) is 5.18. The van der Waals surface area contributed by atoms with Crippen molar-refractivity contribution in [3.05, 3.63) is 29.8 Å². The van der Waals surface area contributed by atoms with Crippen LogP contribution in [0.1, 0.15) is 17.3 Å². The van der Waals surface area contributed by atoms with E-state index in [1.165, 1.54) is 0 Å². The highest BCUT2D eigenvalue weighted by Crippen LogP contribution is 2.30. The van der Waals surface area contributed by atoms with E-state index in [9.17, 15) is 4.79 Å². The third-order valence-electron chi connectivity index (χ3n) is 3.13. The summed E-state index contributed by atoms with van der Waals surface area (Å²) in [6.45, 7) is 3.34. The lowest BCUT2D eigenvalue weighted by atomic mass is 9.96. The molecule has 1 N–H and O–H groups in total. The number of carboxylic acids is 1. The molecule has 1 heterocycles. The second-order valence-corrected chi connectivity index (χ2v) is 4.37. The average Bonchev–Trinajstić information content (AvgIpc) is 2.25. The summed E-state index contributed by atoms with van der Waals surface area (Å²) in [7, 11) is 1.91. The molecule has 0 saturated carbocycles. The Morgan fingerprint density at radius 1 is 1.44 bits per heavy atom. The maximum atomic E-state index is 11.1. The van der Waals surface area contributed by atoms with Crippen LogP contribution in [0.15, 0.2) is 24.3 Å². The number of ether oxygens (including phenoxy) is 1. The summed E-state index contributed by atoms with van der Waals surface area (Å²) in [5.41, 5.74) is 0.977. The van der Waals surface area contributed by atoms with Crippen molar-refractivity contribution in [3.8, 4) is 0 Å². The first-order valence-corrected chi connectivity index (χ1v) is 5.18. The van der Waals surface area contributed by atoms with Crippen molar-refractivity contribution in [2.24, 2.45) is 0 Å². The fraction of sp³-hybridized carbons (Fsp3) is 0.417. The van der Waals surface area contributed by atoms with Crippen molar-refractivity contribution in [2.45, 2.75) is 12.5 Å². The quantitative estimate of drug-likeness (QED) is 0.842. The Labute approximate surface area is 94.4 Å². The van der Waals surface area contributed by atoms with E-state index in [4.69, 9.17) is 9.84 Å². The largest absolute Gasteiger partial charge is 0.478 e. The molecule has 0 amide bonds. The Balaban J connectivity index is 2.36. The van der Waals surface area contributed by atoms with Crippen LogP contribution in [0.3, 0.4) is 0 Å². The number of para-hydroxylation sites is 1. The number of nitrogens with zero attached hydrogens (tertiary/aromatic N) is 1. The van der Waals surface area contributed by atoms with Gasteiger partial charge in [-0.25, -0.2) is 4.79 Å². The van der Waals surface area contributed by atoms with E-state index in [1.54, 1.807) is 12.1 Å². The highest BCUT2D eigenvalue weighted by atomic mass is 16.5. The topological polar surface area (TPSA) is 49.8 Å². The van der Waals surface area contributed by atoms with E-state index in [-0.39, 0.29) is 5.54 Å². The summed E-state index contributed by atoms with van der Waals surface area (Å²) in [6, 6.07) is 7.03. The van der Waals surface area contributed by atoms with Crippen LogP contribution in [0.5, 0.6) is 0 Å². The van der Waals surface area contributed by atoms with Crippen molar-refractivity contribution in [1.82, 2.24) is 0 Å². The second kappa shape index (κ2) is 3.79. The van der Waals surface area contributed by atoms with Crippen molar-refractivity contribution < 1.29 is 14.6 Å². The van der Waals surface area contributed by atoms with Crippen molar-refractivity contribution in [2.75, 3.05) is 25.2 Å². The van der Waals surface area contributed by atoms with E-state index < -0.39 is 5.97 Å². The lowest BCUT2D eigenvalue weighted by Gasteiger charge is -2.46. The molecule has 4 nitrogen and oxygen atoms in total. The molecule has 0 spiro atoms. The van der Waals surface area contributed by atoms with Gasteiger partial charge in [0.15, 0.2) is 0 Å². The second-order valence-electron chi connectivity index (χ2n) is 4.37. The summed E-state index contributed by atoms with van der Waals surface area (Å²) in [5.74, 6) is -0.897. The SMILES string of the molecule is CN(c1ccccc1C(=O)O)C1(C)COC1. The normalized spacial score (nSPS) is 17.6. The minimum Gasteiger partial charge on any atom is -0.478 e. The maximum absolute atomic E-state index is 11.1. The van der Waals surface area contributed by atoms with Gasteiger partial charge in [0.2, 0.25) is 0 Å². The molecule has 1 aliphatic heterocycles. The van der Waals surface area contributed by atoms with Gasteiger partial charge in [-0.2, -0.15) is 0 Å². The number of likely N-dealkylation sites (N-methyl/N-ethyl adjacent to an activating group) is 1. The number of hydrogen-bond acceptors (Lipinski definition) is 3. The van der Waals surface area contributed by atoms with Crippen molar-refractivity contribution in [3.63, 3.8) is 0 Å². The Morgan fingerprint density at radius 2 is 2.06 bits per heavy atom. The molecule has 16 heavy (non-hydrogen) atoms. The lowest BCUT2D eigenvalue weighted by molar-refractivity contribution is -0.0455. The fourth-order valence-corrected chi connectivity index (χ4v) is 1.83. The molecular weight excluding hydrogens is 206 g/mol. The minimum atomic E-state index is -0.897. The number of carboxylic acid groups (broad SMARTS) is 1. The zero-order valence-electron chi connectivity index (χ0n) is 9.43. The zero-order valence-corrected chi connectivity index (χ0v) is 9.43. The lowest BCUT2D eigenvalue weighted by Crippen LogP contribution is -2.59. The molecular formula is C12H15NO3. The molecule has 1 aromatic carbocycles. The van der Waals surface area contributed by atoms with Crippen molar-refractivity contribution in [1.29, 1.82) is 0 Å². The van der Waals surface area contributed by atoms with Crippen LogP contribution in [0.4, 0.5) is 5.69 Å². The molecule has 0 radical (unpaired) electrons. The van der Waals surface area contributed by atoms with Crippen LogP contribution in [-0.2, 0) is 4.74 Å². The van der Waals surface area contributed by atoms with E-state index in [1.807, 2.05) is 24.1 Å². The van der Waals surface area contributed by atoms with E-state index in [0.717, 1.165) is 5.69 Å². The minimum absolute atomic E-state index is 0.0917. The molecule has 0 atom stereocenters. The van der Waals surface area contributed by atoms with Gasteiger partial charge in [0.1, 0.15) is 0 Å². The van der Waals surface area contributed by atoms with Crippen LogP contribution in [0, 0.1) is 0 Å². The standard InChI is InChI=1S/C12H15NO3/c1-12(7-16-8-12)13(2)10-6-4-3-5-9(10)11(14)15/h3-6H,7-8H2,1-2H3,(H,14,15). The Morgan fingerprint density at radius 3 is 2.56 bits per heavy atom. The summed E-state index contributed by atoms with van der Waals surface area (Å²) < 4.78 is 5.19. The summed E-state index contributed by atoms with van der Waals surface area (Å²) >= 11 is 0. The summed E-state index contributed by atoms with van der Waals surface area (Å²) in [6.07, 6.45) is 0. The van der Waals surface area contributed by atoms with Gasteiger partial charge in [0.25, 0.3) is 0 Å². The Hall–Kier alpha value is -1.55. The van der Waals surface area contributed by atoms with Crippen LogP contribution < -0.4 is 4.90 Å². The van der Waals surface area contributed by atoms with Gasteiger partial charge in [-0.3, -0.25) is 0 Å². The predicted molar refractivity (Wildman–Crippen MR) is 61.0 cm³/mol. The summed E-state index contributed by atoms with van der Waals surface area (Å²) in [4.78, 5) is 13.1. The number of aromatic carboxylic acids is 1. The van der Waals surface area contributed by atoms with Gasteiger partial charge >= 0.3 is 5.97 Å². The number of carbonyl (C=O) groups is 1. The molecule has 1 fully saturated rings. The molecule has 0 bridgehead atoms. The molecule has 86 valence electrons. The van der Waals surface area contributed by atoms with Gasteiger partial charge in [-0.05, 0) is 19.1 Å². The molecule has 2 rings (SSSR count). The smallest absolute Gasteiger partial charge is 0.337 e. The third-order valence-corrected chi connectivity index (χ3v) is 3.13. The van der Waals surface area contributed by atoms with Gasteiger partial charge in [-0.1, -0.05) is 12.1 Å². The molecule has 1 saturated heterocycles. The molecule has 1 aromatic rings. The monoisotopic (exact) mass is 221 g/mol. The fourth-order valence-electron chi connectivity index (χ4n) is 1.83. The van der Waals surface area contributed by atoms with Gasteiger partial charge < -0.3 is 14.7 Å². The molecule has 0 unspecified atom stereocenters. The van der Waals surface area contributed by atoms with Gasteiger partial charge in [-0.15, -0.1) is 0 Å². The number of hydrogen-bond donors (Lipinski definition) is 1. The van der Waals surface area contributed by atoms with Crippen molar-refractivity contribution >= 4 is 11.7 Å². The average molecular weight is 221 g/mol. The van der Waals surface area contributed by atoms with Crippen LogP contribution >= 0.6 is 0 Å². The van der Waals surface area contributed by atoms with E-state index in [0.29, 0.717) is 18.8 Å². The molecule has 4 heteroatoms. The summed E-state index contributed by atoms with van der Waals surface area (Å²) in [5, 5.41) is 9.11. The maximum Gasteiger partial charge on any atom is 0.337 e. The first kappa shape index (κ1) is 11.0. The Bertz CT molecular complexity index is 412. The highest BCUT2D eigenvalue weighted by molar-refractivity contribution is 5.94. The van der Waals surface area contributed by atoms with E-state index in [2.05, 4.69) is 6.92 Å². The van der Waals surface area contributed by atoms with E-state index >= 15 is 0 Å².